The molecule has 1 atom stereocenters. The molecule has 2 heterocycles. The first kappa shape index (κ1) is 9.96. The highest BCUT2D eigenvalue weighted by Crippen LogP contribution is 2.30. The number of nitrogens with one attached hydrogen (secondary N) is 1. The third-order valence-electron chi connectivity index (χ3n) is 3.48. The molecule has 1 aromatic heterocycles. The minimum absolute atomic E-state index is 0.512. The van der Waals surface area contributed by atoms with E-state index in [0.717, 1.165) is 24.1 Å². The van der Waals surface area contributed by atoms with Crippen molar-refractivity contribution in [2.45, 2.75) is 31.3 Å². The Labute approximate surface area is 95.6 Å². The predicted octanol–water partition coefficient (Wildman–Crippen LogP) is 0.651. The number of aromatic nitrogens is 2. The molecule has 1 aromatic rings. The number of nitrogen functional groups attached to an aromatic ring is 1. The van der Waals surface area contributed by atoms with E-state index in [9.17, 15) is 0 Å². The molecule has 0 aromatic carbocycles. The van der Waals surface area contributed by atoms with E-state index in [-0.39, 0.29) is 0 Å². The van der Waals surface area contributed by atoms with Crippen LogP contribution < -0.4 is 11.1 Å². The standard InChI is InChI=1S/C11H19N5/c1-15-7-10(12)11(14-15)13-8-4-5-16(6-8)9-2-3-9/h7-9H,2-6,12H2,1H3,(H,13,14). The Morgan fingerprint density at radius 1 is 1.44 bits per heavy atom. The maximum Gasteiger partial charge on any atom is 0.171 e. The molecule has 0 radical (unpaired) electrons. The molecule has 2 fully saturated rings. The summed E-state index contributed by atoms with van der Waals surface area (Å²) in [7, 11) is 1.90. The zero-order chi connectivity index (χ0) is 11.1. The largest absolute Gasteiger partial charge is 0.394 e. The van der Waals surface area contributed by atoms with Crippen molar-refractivity contribution < 1.29 is 0 Å². The van der Waals surface area contributed by atoms with Gasteiger partial charge in [-0.25, -0.2) is 0 Å². The van der Waals surface area contributed by atoms with Gasteiger partial charge in [0.05, 0.1) is 5.69 Å². The number of nitrogens with two attached hydrogens (primary N) is 1. The molecule has 1 saturated carbocycles. The van der Waals surface area contributed by atoms with Gasteiger partial charge in [0, 0.05) is 38.4 Å². The molecule has 5 nitrogen and oxygen atoms in total. The number of anilines is 2. The summed E-state index contributed by atoms with van der Waals surface area (Å²) in [6.07, 6.45) is 5.82. The third kappa shape index (κ3) is 1.87. The van der Waals surface area contributed by atoms with Gasteiger partial charge in [0.2, 0.25) is 0 Å². The van der Waals surface area contributed by atoms with Gasteiger partial charge in [0.25, 0.3) is 0 Å². The highest BCUT2D eigenvalue weighted by Gasteiger charge is 2.34. The Balaban J connectivity index is 1.60. The molecule has 2 aliphatic rings. The van der Waals surface area contributed by atoms with E-state index in [1.165, 1.54) is 25.8 Å². The summed E-state index contributed by atoms with van der Waals surface area (Å²) in [6, 6.07) is 1.38. The van der Waals surface area contributed by atoms with Gasteiger partial charge in [-0.05, 0) is 19.3 Å². The molecule has 1 saturated heterocycles. The molecule has 3 N–H and O–H groups in total. The van der Waals surface area contributed by atoms with Crippen molar-refractivity contribution in [3.63, 3.8) is 0 Å². The monoisotopic (exact) mass is 221 g/mol. The minimum atomic E-state index is 0.512. The average Bonchev–Trinajstić information content (AvgIpc) is 2.91. The SMILES string of the molecule is Cn1cc(N)c(NC2CCN(C3CC3)C2)n1. The molecule has 16 heavy (non-hydrogen) atoms. The number of hydrogen-bond acceptors (Lipinski definition) is 4. The van der Waals surface area contributed by atoms with Crippen LogP contribution in [0, 0.1) is 0 Å². The van der Waals surface area contributed by atoms with E-state index in [2.05, 4.69) is 15.3 Å². The Morgan fingerprint density at radius 2 is 2.25 bits per heavy atom. The fourth-order valence-electron chi connectivity index (χ4n) is 2.49. The summed E-state index contributed by atoms with van der Waals surface area (Å²) < 4.78 is 1.76. The summed E-state index contributed by atoms with van der Waals surface area (Å²) in [5.41, 5.74) is 6.61. The molecule has 1 aliphatic carbocycles. The first-order chi connectivity index (χ1) is 7.72. The lowest BCUT2D eigenvalue weighted by Crippen LogP contribution is -2.28. The van der Waals surface area contributed by atoms with E-state index >= 15 is 0 Å². The zero-order valence-corrected chi connectivity index (χ0v) is 9.69. The average molecular weight is 221 g/mol. The first-order valence-electron chi connectivity index (χ1n) is 6.02. The van der Waals surface area contributed by atoms with E-state index in [1.54, 1.807) is 4.68 Å². The second kappa shape index (κ2) is 3.66. The number of nitrogens with zero attached hydrogens (tertiary/aromatic N) is 3. The van der Waals surface area contributed by atoms with Gasteiger partial charge in [-0.15, -0.1) is 0 Å². The minimum Gasteiger partial charge on any atom is -0.394 e. The molecule has 0 spiro atoms. The Morgan fingerprint density at radius 3 is 2.88 bits per heavy atom. The van der Waals surface area contributed by atoms with Gasteiger partial charge in [-0.1, -0.05) is 0 Å². The molecular weight excluding hydrogens is 202 g/mol. The molecule has 5 heteroatoms. The summed E-state index contributed by atoms with van der Waals surface area (Å²) in [4.78, 5) is 2.58. The van der Waals surface area contributed by atoms with Crippen LogP contribution in [0.25, 0.3) is 0 Å². The summed E-state index contributed by atoms with van der Waals surface area (Å²) in [5, 5.41) is 7.77. The fraction of sp³-hybridized carbons (Fsp3) is 0.727. The smallest absolute Gasteiger partial charge is 0.171 e. The van der Waals surface area contributed by atoms with E-state index < -0.39 is 0 Å². The molecule has 88 valence electrons. The number of likely N-dealkylation sites (tertiary alicyclic amines) is 1. The van der Waals surface area contributed by atoms with Crippen molar-refractivity contribution in [3.8, 4) is 0 Å². The van der Waals surface area contributed by atoms with Crippen LogP contribution in [0.4, 0.5) is 11.5 Å². The Bertz CT molecular complexity index is 382. The second-order valence-corrected chi connectivity index (χ2v) is 4.96. The van der Waals surface area contributed by atoms with Crippen LogP contribution in [0.1, 0.15) is 19.3 Å². The van der Waals surface area contributed by atoms with Gasteiger partial charge in [0.15, 0.2) is 5.82 Å². The molecule has 0 amide bonds. The van der Waals surface area contributed by atoms with Gasteiger partial charge < -0.3 is 11.1 Å². The Kier molecular flexibility index (Phi) is 2.28. The van der Waals surface area contributed by atoms with Crippen LogP contribution in [0.2, 0.25) is 0 Å². The van der Waals surface area contributed by atoms with Crippen LogP contribution in [-0.2, 0) is 7.05 Å². The second-order valence-electron chi connectivity index (χ2n) is 4.96. The normalized spacial score (nSPS) is 26.2. The van der Waals surface area contributed by atoms with Crippen LogP contribution in [0.3, 0.4) is 0 Å². The molecular formula is C11H19N5. The first-order valence-corrected chi connectivity index (χ1v) is 6.02. The van der Waals surface area contributed by atoms with Crippen molar-refractivity contribution in [2.75, 3.05) is 24.1 Å². The van der Waals surface area contributed by atoms with Crippen LogP contribution in [0.15, 0.2) is 6.20 Å². The van der Waals surface area contributed by atoms with Gasteiger partial charge >= 0.3 is 0 Å². The predicted molar refractivity (Wildman–Crippen MR) is 64.2 cm³/mol. The molecule has 3 rings (SSSR count). The third-order valence-corrected chi connectivity index (χ3v) is 3.48. The molecule has 1 aliphatic heterocycles. The molecule has 0 bridgehead atoms. The van der Waals surface area contributed by atoms with Crippen molar-refractivity contribution in [1.29, 1.82) is 0 Å². The van der Waals surface area contributed by atoms with Gasteiger partial charge in [0.1, 0.15) is 0 Å². The highest BCUT2D eigenvalue weighted by molar-refractivity contribution is 5.60. The van der Waals surface area contributed by atoms with Crippen molar-refractivity contribution in [2.24, 2.45) is 7.05 Å². The van der Waals surface area contributed by atoms with Crippen molar-refractivity contribution in [1.82, 2.24) is 14.7 Å². The summed E-state index contributed by atoms with van der Waals surface area (Å²) >= 11 is 0. The maximum absolute atomic E-state index is 5.87. The van der Waals surface area contributed by atoms with Crippen LogP contribution in [-0.4, -0.2) is 39.9 Å². The van der Waals surface area contributed by atoms with E-state index in [1.807, 2.05) is 13.2 Å². The summed E-state index contributed by atoms with van der Waals surface area (Å²) in [6.45, 7) is 2.36. The molecule has 1 unspecified atom stereocenters. The topological polar surface area (TPSA) is 59.1 Å². The fourth-order valence-corrected chi connectivity index (χ4v) is 2.49. The zero-order valence-electron chi connectivity index (χ0n) is 9.69. The number of rotatable bonds is 3. The lowest BCUT2D eigenvalue weighted by atomic mass is 10.2. The number of hydrogen-bond donors (Lipinski definition) is 2. The van der Waals surface area contributed by atoms with Crippen LogP contribution >= 0.6 is 0 Å². The van der Waals surface area contributed by atoms with Crippen LogP contribution in [0.5, 0.6) is 0 Å². The summed E-state index contributed by atoms with van der Waals surface area (Å²) in [5.74, 6) is 0.838. The lowest BCUT2D eigenvalue weighted by Gasteiger charge is -2.15. The quantitative estimate of drug-likeness (QED) is 0.787. The maximum atomic E-state index is 5.87. The van der Waals surface area contributed by atoms with Gasteiger partial charge in [-0.3, -0.25) is 9.58 Å². The highest BCUT2D eigenvalue weighted by atomic mass is 15.3. The van der Waals surface area contributed by atoms with Gasteiger partial charge in [-0.2, -0.15) is 5.10 Å². The lowest BCUT2D eigenvalue weighted by molar-refractivity contribution is 0.326. The van der Waals surface area contributed by atoms with Crippen molar-refractivity contribution >= 4 is 11.5 Å². The van der Waals surface area contributed by atoms with Crippen molar-refractivity contribution in [3.05, 3.63) is 6.20 Å². The Hall–Kier alpha value is -1.23. The van der Waals surface area contributed by atoms with E-state index in [0.29, 0.717) is 6.04 Å². The van der Waals surface area contributed by atoms with E-state index in [4.69, 9.17) is 5.73 Å². The number of aryl methyl sites for hydroxylation is 1.